The van der Waals surface area contributed by atoms with Crippen LogP contribution in [-0.2, 0) is 33.3 Å². The standard InChI is InChI=1S/C19H31NO15/c1-6(21)20-11-8(23)3-19(18(30)31,35-16(11)12(25)9(24)4-32-7(2)22)33-5-10-13(26)14(27)15(28)17(29)34-10/h8-17,23-29H,3-5H2,1-2H3,(H,20,21)(H,30,31)/t8-,9-,10?,11-,12-,13+,14?,15?,16?,17-,19-/m1/s1. The van der Waals surface area contributed by atoms with Gasteiger partial charge in [-0.2, -0.15) is 0 Å². The van der Waals surface area contributed by atoms with Gasteiger partial charge in [-0.25, -0.2) is 4.79 Å². The van der Waals surface area contributed by atoms with E-state index in [4.69, 9.17) is 14.2 Å². The molecule has 2 heterocycles. The molecule has 16 nitrogen and oxygen atoms in total. The fourth-order valence-corrected chi connectivity index (χ4v) is 3.76. The van der Waals surface area contributed by atoms with Crippen molar-refractivity contribution in [3.8, 4) is 0 Å². The molecule has 0 aliphatic carbocycles. The Balaban J connectivity index is 2.28. The molecule has 0 spiro atoms. The summed E-state index contributed by atoms with van der Waals surface area (Å²) in [6.45, 7) is 0.552. The Labute approximate surface area is 198 Å². The number of aliphatic carboxylic acids is 1. The Bertz CT molecular complexity index is 767. The van der Waals surface area contributed by atoms with Crippen LogP contribution in [0, 0.1) is 0 Å². The predicted molar refractivity (Wildman–Crippen MR) is 107 cm³/mol. The van der Waals surface area contributed by atoms with E-state index in [1.807, 2.05) is 0 Å². The van der Waals surface area contributed by atoms with Gasteiger partial charge in [0.1, 0.15) is 49.3 Å². The third kappa shape index (κ3) is 6.82. The van der Waals surface area contributed by atoms with Crippen LogP contribution in [0.25, 0.3) is 0 Å². The number of hydrogen-bond acceptors (Lipinski definition) is 14. The zero-order valence-corrected chi connectivity index (χ0v) is 18.8. The Morgan fingerprint density at radius 3 is 2.23 bits per heavy atom. The normalized spacial score (nSPS) is 39.3. The maximum Gasteiger partial charge on any atom is 0.364 e. The second-order valence-corrected chi connectivity index (χ2v) is 8.35. The van der Waals surface area contributed by atoms with Crippen LogP contribution in [0.4, 0.5) is 0 Å². The fraction of sp³-hybridized carbons (Fsp3) is 0.842. The first-order chi connectivity index (χ1) is 16.2. The van der Waals surface area contributed by atoms with Crippen molar-refractivity contribution in [2.75, 3.05) is 13.2 Å². The van der Waals surface area contributed by atoms with Crippen molar-refractivity contribution >= 4 is 17.8 Å². The van der Waals surface area contributed by atoms with Gasteiger partial charge in [0.25, 0.3) is 5.79 Å². The molecular weight excluding hydrogens is 482 g/mol. The number of nitrogens with one attached hydrogen (secondary N) is 1. The van der Waals surface area contributed by atoms with Gasteiger partial charge in [-0.3, -0.25) is 9.59 Å². The van der Waals surface area contributed by atoms with Gasteiger partial charge in [0.2, 0.25) is 5.91 Å². The second-order valence-electron chi connectivity index (χ2n) is 8.35. The molecule has 0 aromatic carbocycles. The van der Waals surface area contributed by atoms with Crippen LogP contribution in [-0.4, -0.2) is 139 Å². The lowest BCUT2D eigenvalue weighted by Crippen LogP contribution is -2.68. The first kappa shape index (κ1) is 29.2. The van der Waals surface area contributed by atoms with Crippen LogP contribution in [0.2, 0.25) is 0 Å². The van der Waals surface area contributed by atoms with Gasteiger partial charge in [-0.05, 0) is 0 Å². The highest BCUT2D eigenvalue weighted by molar-refractivity contribution is 5.76. The number of carboxylic acids is 1. The van der Waals surface area contributed by atoms with Crippen molar-refractivity contribution in [3.63, 3.8) is 0 Å². The Hall–Kier alpha value is -1.99. The average Bonchev–Trinajstić information content (AvgIpc) is 2.78. The molecular formula is C19H31NO15. The largest absolute Gasteiger partial charge is 0.477 e. The highest BCUT2D eigenvalue weighted by Crippen LogP contribution is 2.34. The Morgan fingerprint density at radius 2 is 1.69 bits per heavy atom. The molecule has 9 N–H and O–H groups in total. The smallest absolute Gasteiger partial charge is 0.364 e. The van der Waals surface area contributed by atoms with Gasteiger partial charge < -0.3 is 65.1 Å². The van der Waals surface area contributed by atoms with Gasteiger partial charge in [0.05, 0.1) is 18.8 Å². The summed E-state index contributed by atoms with van der Waals surface area (Å²) in [6.07, 6.45) is -17.2. The van der Waals surface area contributed by atoms with Crippen LogP contribution in [0.3, 0.4) is 0 Å². The van der Waals surface area contributed by atoms with E-state index < -0.39 is 104 Å². The summed E-state index contributed by atoms with van der Waals surface area (Å²) in [7, 11) is 0. The van der Waals surface area contributed by atoms with Crippen LogP contribution in [0.1, 0.15) is 20.3 Å². The molecule has 2 fully saturated rings. The molecule has 1 amide bonds. The molecule has 35 heavy (non-hydrogen) atoms. The fourth-order valence-electron chi connectivity index (χ4n) is 3.76. The van der Waals surface area contributed by atoms with Crippen molar-refractivity contribution in [2.24, 2.45) is 0 Å². The van der Waals surface area contributed by atoms with E-state index in [1.165, 1.54) is 0 Å². The zero-order chi connectivity index (χ0) is 26.7. The van der Waals surface area contributed by atoms with E-state index in [2.05, 4.69) is 10.1 Å². The minimum atomic E-state index is -2.73. The molecule has 4 unspecified atom stereocenters. The molecule has 2 aliphatic heterocycles. The lowest BCUT2D eigenvalue weighted by molar-refractivity contribution is -0.334. The summed E-state index contributed by atoms with van der Waals surface area (Å²) in [6, 6.07) is -1.43. The van der Waals surface area contributed by atoms with Crippen LogP contribution in [0.15, 0.2) is 0 Å². The summed E-state index contributed by atoms with van der Waals surface area (Å²) in [4.78, 5) is 34.8. The van der Waals surface area contributed by atoms with Gasteiger partial charge in [0, 0.05) is 20.3 Å². The quantitative estimate of drug-likeness (QED) is 0.130. The third-order valence-corrected chi connectivity index (χ3v) is 5.62. The highest BCUT2D eigenvalue weighted by atomic mass is 16.7. The number of amides is 1. The summed E-state index contributed by atoms with van der Waals surface area (Å²) < 4.78 is 20.3. The maximum atomic E-state index is 12.1. The third-order valence-electron chi connectivity index (χ3n) is 5.62. The zero-order valence-electron chi connectivity index (χ0n) is 18.8. The average molecular weight is 513 g/mol. The predicted octanol–water partition coefficient (Wildman–Crippen LogP) is -5.48. The molecule has 0 bridgehead atoms. The first-order valence-electron chi connectivity index (χ1n) is 10.6. The lowest BCUT2D eigenvalue weighted by atomic mass is 9.88. The number of esters is 1. The Kier molecular flexibility index (Phi) is 9.88. The van der Waals surface area contributed by atoms with E-state index in [0.29, 0.717) is 0 Å². The highest BCUT2D eigenvalue weighted by Gasteiger charge is 2.56. The summed E-state index contributed by atoms with van der Waals surface area (Å²) in [5.74, 6) is -6.01. The van der Waals surface area contributed by atoms with E-state index in [-0.39, 0.29) is 0 Å². The number of ether oxygens (including phenoxy) is 4. The van der Waals surface area contributed by atoms with Crippen LogP contribution in [0.5, 0.6) is 0 Å². The summed E-state index contributed by atoms with van der Waals surface area (Å²) >= 11 is 0. The molecule has 202 valence electrons. The van der Waals surface area contributed by atoms with Crippen molar-refractivity contribution in [1.82, 2.24) is 5.32 Å². The van der Waals surface area contributed by atoms with Crippen LogP contribution >= 0.6 is 0 Å². The molecule has 2 rings (SSSR count). The number of hydrogen-bond donors (Lipinski definition) is 9. The number of aliphatic hydroxyl groups excluding tert-OH is 7. The van der Waals surface area contributed by atoms with Crippen LogP contribution < -0.4 is 5.32 Å². The molecule has 16 heteroatoms. The van der Waals surface area contributed by atoms with Gasteiger partial charge in [-0.15, -0.1) is 0 Å². The SMILES string of the molecule is CC(=O)N[C@H]1C([C@H](O)[C@H](O)COC(C)=O)O[C@@](OCC2O[C@@H](O)C(O)C(O)[C@H]2O)(C(=O)O)C[C@H]1O. The maximum absolute atomic E-state index is 12.1. The van der Waals surface area contributed by atoms with Crippen molar-refractivity contribution in [2.45, 2.75) is 87.2 Å². The Morgan fingerprint density at radius 1 is 1.06 bits per heavy atom. The molecule has 2 aliphatic rings. The molecule has 0 aromatic rings. The van der Waals surface area contributed by atoms with E-state index in [9.17, 15) is 55.2 Å². The second kappa shape index (κ2) is 11.8. The number of carboxylic acid groups (broad SMARTS) is 1. The minimum Gasteiger partial charge on any atom is -0.477 e. The number of carbonyl (C=O) groups excluding carboxylic acids is 2. The topological polar surface area (TPSA) is 262 Å². The summed E-state index contributed by atoms with van der Waals surface area (Å²) in [5.41, 5.74) is 0. The van der Waals surface area contributed by atoms with Crippen molar-refractivity contribution in [1.29, 1.82) is 0 Å². The van der Waals surface area contributed by atoms with Gasteiger partial charge in [0.15, 0.2) is 6.29 Å². The monoisotopic (exact) mass is 513 g/mol. The lowest BCUT2D eigenvalue weighted by Gasteiger charge is -2.47. The van der Waals surface area contributed by atoms with E-state index >= 15 is 0 Å². The van der Waals surface area contributed by atoms with Gasteiger partial charge in [-0.1, -0.05) is 0 Å². The number of rotatable bonds is 9. The first-order valence-corrected chi connectivity index (χ1v) is 10.6. The van der Waals surface area contributed by atoms with Gasteiger partial charge >= 0.3 is 11.9 Å². The number of carbonyl (C=O) groups is 3. The molecule has 0 radical (unpaired) electrons. The van der Waals surface area contributed by atoms with Crippen molar-refractivity contribution in [3.05, 3.63) is 0 Å². The van der Waals surface area contributed by atoms with Crippen molar-refractivity contribution < 1.29 is 74.2 Å². The van der Waals surface area contributed by atoms with E-state index in [0.717, 1.165) is 13.8 Å². The molecule has 0 aromatic heterocycles. The molecule has 2 saturated heterocycles. The van der Waals surface area contributed by atoms with E-state index in [1.54, 1.807) is 0 Å². The summed E-state index contributed by atoms with van der Waals surface area (Å²) in [5, 5.41) is 82.6. The molecule has 0 saturated carbocycles. The number of aliphatic hydroxyl groups is 7. The minimum absolute atomic E-state index is 0.687. The molecule has 11 atom stereocenters.